The second-order valence-electron chi connectivity index (χ2n) is 2.35. The molecule has 0 saturated heterocycles. The minimum atomic E-state index is 0.125. The summed E-state index contributed by atoms with van der Waals surface area (Å²) in [7, 11) is 1.50. The van der Waals surface area contributed by atoms with Gasteiger partial charge in [0.1, 0.15) is 0 Å². The zero-order valence-corrected chi connectivity index (χ0v) is 10.2. The van der Waals surface area contributed by atoms with E-state index in [9.17, 15) is 9.59 Å². The third-order valence-electron chi connectivity index (χ3n) is 1.28. The normalized spacial score (nSPS) is 17.7. The van der Waals surface area contributed by atoms with E-state index in [1.54, 1.807) is 6.92 Å². The van der Waals surface area contributed by atoms with E-state index in [1.807, 2.05) is 0 Å². The van der Waals surface area contributed by atoms with Gasteiger partial charge in [0.15, 0.2) is 11.6 Å². The SMILES string of the molecule is CC1=NSCC1=O.CN.O=C1C=NSC1. The molecule has 0 aromatic heterocycles. The van der Waals surface area contributed by atoms with Gasteiger partial charge >= 0.3 is 0 Å². The lowest BCUT2D eigenvalue weighted by Crippen LogP contribution is -2.04. The topological polar surface area (TPSA) is 84.9 Å². The molecule has 0 unspecified atom stereocenters. The Morgan fingerprint density at radius 2 is 1.93 bits per heavy atom. The van der Waals surface area contributed by atoms with Crippen LogP contribution in [-0.2, 0) is 9.59 Å². The Labute approximate surface area is 97.3 Å². The summed E-state index contributed by atoms with van der Waals surface area (Å²) < 4.78 is 7.41. The van der Waals surface area contributed by atoms with E-state index in [2.05, 4.69) is 14.5 Å². The van der Waals surface area contributed by atoms with E-state index in [-0.39, 0.29) is 11.6 Å². The zero-order chi connectivity index (χ0) is 11.7. The van der Waals surface area contributed by atoms with Gasteiger partial charge in [0, 0.05) is 0 Å². The number of hydrogen-bond donors (Lipinski definition) is 1. The fourth-order valence-electron chi connectivity index (χ4n) is 0.577. The van der Waals surface area contributed by atoms with Gasteiger partial charge < -0.3 is 5.73 Å². The Bertz CT molecular complexity index is 290. The maximum atomic E-state index is 10.4. The highest BCUT2D eigenvalue weighted by atomic mass is 32.2. The first-order valence-corrected chi connectivity index (χ1v) is 6.04. The predicted molar refractivity (Wildman–Crippen MR) is 66.6 cm³/mol. The van der Waals surface area contributed by atoms with Crippen molar-refractivity contribution >= 4 is 47.4 Å². The lowest BCUT2D eigenvalue weighted by Gasteiger charge is -1.76. The van der Waals surface area contributed by atoms with Crippen molar-refractivity contribution in [2.45, 2.75) is 6.92 Å². The largest absolute Gasteiger partial charge is 0.333 e. The molecular weight excluding hydrogens is 234 g/mol. The molecule has 0 aromatic carbocycles. The van der Waals surface area contributed by atoms with E-state index in [0.29, 0.717) is 17.2 Å². The Morgan fingerprint density at radius 3 is 2.07 bits per heavy atom. The molecule has 2 aliphatic rings. The molecule has 0 amide bonds. The predicted octanol–water partition coefficient (Wildman–Crippen LogP) is 0.541. The van der Waals surface area contributed by atoms with E-state index in [0.717, 1.165) is 0 Å². The summed E-state index contributed by atoms with van der Waals surface area (Å²) in [6.07, 6.45) is 1.35. The number of carbonyl (C=O) groups is 2. The molecule has 0 fully saturated rings. The van der Waals surface area contributed by atoms with Crippen molar-refractivity contribution in [2.24, 2.45) is 14.5 Å². The number of ketones is 2. The molecule has 0 aromatic rings. The number of nitrogens with zero attached hydrogens (tertiary/aromatic N) is 2. The standard InChI is InChI=1S/C4H5NOS.C3H3NOS.CH5N/c1-3-4(6)2-7-5-3;5-3-1-4-6-2-3;1-2/h2H2,1H3;1H,2H2;2H2,1H3. The van der Waals surface area contributed by atoms with Crippen LogP contribution in [0, 0.1) is 0 Å². The summed E-state index contributed by atoms with van der Waals surface area (Å²) in [5, 5.41) is 0. The Morgan fingerprint density at radius 1 is 1.27 bits per heavy atom. The van der Waals surface area contributed by atoms with Crippen molar-refractivity contribution in [1.82, 2.24) is 0 Å². The molecule has 0 atom stereocenters. The molecule has 5 nitrogen and oxygen atoms in total. The van der Waals surface area contributed by atoms with Crippen molar-refractivity contribution in [2.75, 3.05) is 18.6 Å². The minimum Gasteiger partial charge on any atom is -0.333 e. The number of carbonyl (C=O) groups excluding carboxylic acids is 2. The quantitative estimate of drug-likeness (QED) is 0.631. The second-order valence-corrected chi connectivity index (χ2v) is 3.83. The smallest absolute Gasteiger partial charge is 0.189 e. The van der Waals surface area contributed by atoms with Crippen molar-refractivity contribution in [3.8, 4) is 0 Å². The monoisotopic (exact) mass is 247 g/mol. The van der Waals surface area contributed by atoms with Crippen LogP contribution in [0.4, 0.5) is 0 Å². The molecular formula is C8H13N3O2S2. The van der Waals surface area contributed by atoms with Crippen LogP contribution in [0.5, 0.6) is 0 Å². The molecule has 0 saturated carbocycles. The Hall–Kier alpha value is -0.660. The van der Waals surface area contributed by atoms with Crippen molar-refractivity contribution in [3.63, 3.8) is 0 Å². The number of nitrogens with two attached hydrogens (primary N) is 1. The van der Waals surface area contributed by atoms with Gasteiger partial charge in [0.05, 0.1) is 23.4 Å². The minimum absolute atomic E-state index is 0.125. The van der Waals surface area contributed by atoms with Gasteiger partial charge in [-0.15, -0.1) is 0 Å². The third kappa shape index (κ3) is 6.43. The lowest BCUT2D eigenvalue weighted by atomic mass is 10.3. The molecule has 15 heavy (non-hydrogen) atoms. The zero-order valence-electron chi connectivity index (χ0n) is 8.60. The summed E-state index contributed by atoms with van der Waals surface area (Å²) in [6.45, 7) is 1.74. The first-order valence-electron chi connectivity index (χ1n) is 4.16. The van der Waals surface area contributed by atoms with Gasteiger partial charge in [-0.3, -0.25) is 9.59 Å². The Kier molecular flexibility index (Phi) is 8.25. The first-order chi connectivity index (χ1) is 7.20. The maximum absolute atomic E-state index is 10.4. The van der Waals surface area contributed by atoms with Crippen LogP contribution in [0.1, 0.15) is 6.92 Å². The summed E-state index contributed by atoms with van der Waals surface area (Å²) >= 11 is 2.63. The van der Waals surface area contributed by atoms with Crippen LogP contribution < -0.4 is 5.73 Å². The molecule has 7 heteroatoms. The average Bonchev–Trinajstić information content (AvgIpc) is 2.84. The molecule has 2 N–H and O–H groups in total. The van der Waals surface area contributed by atoms with Crippen LogP contribution in [0.25, 0.3) is 0 Å². The van der Waals surface area contributed by atoms with Crippen molar-refractivity contribution in [3.05, 3.63) is 0 Å². The number of rotatable bonds is 0. The van der Waals surface area contributed by atoms with Gasteiger partial charge in [-0.05, 0) is 37.9 Å². The average molecular weight is 247 g/mol. The highest BCUT2D eigenvalue weighted by Gasteiger charge is 2.11. The molecule has 0 aliphatic carbocycles. The maximum Gasteiger partial charge on any atom is 0.189 e. The van der Waals surface area contributed by atoms with E-state index in [1.165, 1.54) is 37.2 Å². The van der Waals surface area contributed by atoms with Crippen molar-refractivity contribution in [1.29, 1.82) is 0 Å². The molecule has 0 radical (unpaired) electrons. The number of Topliss-reactive ketones (excluding diaryl/α,β-unsaturated/α-hetero) is 2. The van der Waals surface area contributed by atoms with Gasteiger partial charge in [0.2, 0.25) is 0 Å². The first kappa shape index (κ1) is 14.3. The molecule has 0 bridgehead atoms. The fourth-order valence-corrected chi connectivity index (χ4v) is 1.73. The van der Waals surface area contributed by atoms with Crippen LogP contribution in [0.2, 0.25) is 0 Å². The van der Waals surface area contributed by atoms with E-state index in [4.69, 9.17) is 0 Å². The van der Waals surface area contributed by atoms with Crippen molar-refractivity contribution < 1.29 is 9.59 Å². The van der Waals surface area contributed by atoms with Gasteiger partial charge in [-0.2, -0.15) is 0 Å². The molecule has 2 rings (SSSR count). The van der Waals surface area contributed by atoms with Gasteiger partial charge in [-0.1, -0.05) is 0 Å². The molecule has 2 aliphatic heterocycles. The summed E-state index contributed by atoms with van der Waals surface area (Å²) in [4.78, 5) is 20.5. The highest BCUT2D eigenvalue weighted by molar-refractivity contribution is 7.99. The summed E-state index contributed by atoms with van der Waals surface area (Å²) in [5.74, 6) is 1.39. The molecule has 84 valence electrons. The van der Waals surface area contributed by atoms with Gasteiger partial charge in [-0.25, -0.2) is 8.80 Å². The van der Waals surface area contributed by atoms with E-state index >= 15 is 0 Å². The molecule has 0 spiro atoms. The summed E-state index contributed by atoms with van der Waals surface area (Å²) in [6, 6.07) is 0. The van der Waals surface area contributed by atoms with Gasteiger partial charge in [0.25, 0.3) is 0 Å². The van der Waals surface area contributed by atoms with Crippen LogP contribution in [0.15, 0.2) is 8.80 Å². The Balaban J connectivity index is 0.000000227. The highest BCUT2D eigenvalue weighted by Crippen LogP contribution is 2.10. The second kappa shape index (κ2) is 8.63. The summed E-state index contributed by atoms with van der Waals surface area (Å²) in [5.41, 5.74) is 5.16. The van der Waals surface area contributed by atoms with E-state index < -0.39 is 0 Å². The lowest BCUT2D eigenvalue weighted by molar-refractivity contribution is -0.111. The van der Waals surface area contributed by atoms with Crippen LogP contribution in [0.3, 0.4) is 0 Å². The van der Waals surface area contributed by atoms with Crippen LogP contribution >= 0.6 is 23.9 Å². The fraction of sp³-hybridized carbons (Fsp3) is 0.500. The molecule has 2 heterocycles. The number of hydrogen-bond acceptors (Lipinski definition) is 7. The third-order valence-corrected chi connectivity index (χ3v) is 2.74. The van der Waals surface area contributed by atoms with Crippen LogP contribution in [-0.4, -0.2) is 42.0 Å².